The van der Waals surface area contributed by atoms with Crippen molar-refractivity contribution in [1.29, 1.82) is 0 Å². The zero-order valence-electron chi connectivity index (χ0n) is 13.0. The molecule has 23 heavy (non-hydrogen) atoms. The highest BCUT2D eigenvalue weighted by Crippen LogP contribution is 2.37. The number of thiophene rings is 1. The Bertz CT molecular complexity index is 681. The highest BCUT2D eigenvalue weighted by atomic mass is 32.2. The first-order valence-electron chi connectivity index (χ1n) is 8.24. The van der Waals surface area contributed by atoms with Crippen LogP contribution >= 0.6 is 23.1 Å². The van der Waals surface area contributed by atoms with Gasteiger partial charge in [-0.1, -0.05) is 11.2 Å². The fourth-order valence-electron chi connectivity index (χ4n) is 3.38. The highest BCUT2D eigenvalue weighted by molar-refractivity contribution is 7.99. The van der Waals surface area contributed by atoms with Gasteiger partial charge in [0.05, 0.1) is 0 Å². The summed E-state index contributed by atoms with van der Waals surface area (Å²) < 4.78 is 5.41. The quantitative estimate of drug-likeness (QED) is 0.825. The Balaban J connectivity index is 1.48. The van der Waals surface area contributed by atoms with Crippen LogP contribution in [0, 0.1) is 0 Å². The Labute approximate surface area is 144 Å². The van der Waals surface area contributed by atoms with E-state index >= 15 is 0 Å². The van der Waals surface area contributed by atoms with Gasteiger partial charge in [0.1, 0.15) is 5.76 Å². The van der Waals surface area contributed by atoms with Crippen LogP contribution in [0.25, 0.3) is 0 Å². The molecule has 2 aromatic rings. The van der Waals surface area contributed by atoms with E-state index in [9.17, 15) is 4.79 Å². The van der Waals surface area contributed by atoms with Gasteiger partial charge >= 0.3 is 0 Å². The SMILES string of the molecule is O=C(c1noc2c1CCCC2)N1CCS[C@@H](c2cccs2)CC1. The van der Waals surface area contributed by atoms with Crippen LogP contribution in [-0.2, 0) is 12.8 Å². The fraction of sp³-hybridized carbons (Fsp3) is 0.529. The molecule has 2 aliphatic rings. The Hall–Kier alpha value is -1.27. The van der Waals surface area contributed by atoms with Crippen LogP contribution in [0.2, 0.25) is 0 Å². The molecule has 1 saturated heterocycles. The lowest BCUT2D eigenvalue weighted by Gasteiger charge is -2.20. The van der Waals surface area contributed by atoms with Gasteiger partial charge in [0, 0.05) is 41.0 Å². The lowest BCUT2D eigenvalue weighted by Crippen LogP contribution is -2.34. The summed E-state index contributed by atoms with van der Waals surface area (Å²) in [6.45, 7) is 1.60. The Morgan fingerprint density at radius 1 is 1.30 bits per heavy atom. The van der Waals surface area contributed by atoms with Crippen molar-refractivity contribution in [3.8, 4) is 0 Å². The summed E-state index contributed by atoms with van der Waals surface area (Å²) in [5.74, 6) is 1.97. The summed E-state index contributed by atoms with van der Waals surface area (Å²) in [5.41, 5.74) is 1.63. The second kappa shape index (κ2) is 6.69. The van der Waals surface area contributed by atoms with Gasteiger partial charge in [-0.15, -0.1) is 11.3 Å². The summed E-state index contributed by atoms with van der Waals surface area (Å²) >= 11 is 3.77. The van der Waals surface area contributed by atoms with Crippen molar-refractivity contribution in [3.63, 3.8) is 0 Å². The number of carbonyl (C=O) groups excluding carboxylic acids is 1. The third-order valence-corrected chi connectivity index (χ3v) is 7.09. The maximum absolute atomic E-state index is 12.9. The van der Waals surface area contributed by atoms with E-state index in [1.807, 2.05) is 28.0 Å². The number of thioether (sulfide) groups is 1. The number of amides is 1. The molecule has 1 atom stereocenters. The average molecular weight is 348 g/mol. The molecular weight excluding hydrogens is 328 g/mol. The van der Waals surface area contributed by atoms with Crippen molar-refractivity contribution in [3.05, 3.63) is 39.4 Å². The molecular formula is C17H20N2O2S2. The van der Waals surface area contributed by atoms with Gasteiger partial charge in [-0.3, -0.25) is 4.79 Å². The predicted molar refractivity (Wildman–Crippen MR) is 93.2 cm³/mol. The molecule has 0 bridgehead atoms. The average Bonchev–Trinajstić information content (AvgIpc) is 3.19. The number of fused-ring (bicyclic) bond motifs is 1. The van der Waals surface area contributed by atoms with Crippen molar-refractivity contribution in [1.82, 2.24) is 10.1 Å². The van der Waals surface area contributed by atoms with Crippen molar-refractivity contribution in [2.45, 2.75) is 37.4 Å². The molecule has 0 N–H and O–H groups in total. The van der Waals surface area contributed by atoms with Crippen LogP contribution in [0.3, 0.4) is 0 Å². The molecule has 0 spiro atoms. The lowest BCUT2D eigenvalue weighted by molar-refractivity contribution is 0.0755. The molecule has 4 nitrogen and oxygen atoms in total. The van der Waals surface area contributed by atoms with Crippen LogP contribution < -0.4 is 0 Å². The molecule has 1 aliphatic carbocycles. The number of aryl methyl sites for hydroxylation is 1. The molecule has 3 heterocycles. The molecule has 122 valence electrons. The maximum Gasteiger partial charge on any atom is 0.276 e. The first-order chi connectivity index (χ1) is 11.3. The van der Waals surface area contributed by atoms with E-state index in [0.717, 1.165) is 62.3 Å². The van der Waals surface area contributed by atoms with Crippen LogP contribution in [0.15, 0.2) is 22.0 Å². The summed E-state index contributed by atoms with van der Waals surface area (Å²) in [4.78, 5) is 16.3. The van der Waals surface area contributed by atoms with Gasteiger partial charge < -0.3 is 9.42 Å². The molecule has 1 amide bonds. The van der Waals surface area contributed by atoms with E-state index in [1.165, 1.54) is 4.88 Å². The number of hydrogen-bond donors (Lipinski definition) is 0. The maximum atomic E-state index is 12.9. The number of aromatic nitrogens is 1. The Morgan fingerprint density at radius 3 is 3.09 bits per heavy atom. The van der Waals surface area contributed by atoms with Crippen molar-refractivity contribution >= 4 is 29.0 Å². The molecule has 0 aromatic carbocycles. The van der Waals surface area contributed by atoms with Gasteiger partial charge in [0.25, 0.3) is 5.91 Å². The third-order valence-electron chi connectivity index (χ3n) is 4.64. The topological polar surface area (TPSA) is 46.3 Å². The van der Waals surface area contributed by atoms with Crippen molar-refractivity contribution in [2.24, 2.45) is 0 Å². The van der Waals surface area contributed by atoms with Crippen molar-refractivity contribution < 1.29 is 9.32 Å². The second-order valence-corrected chi connectivity index (χ2v) is 8.39. The van der Waals surface area contributed by atoms with Gasteiger partial charge in [-0.2, -0.15) is 11.8 Å². The van der Waals surface area contributed by atoms with Gasteiger partial charge in [0.2, 0.25) is 0 Å². The zero-order chi connectivity index (χ0) is 15.6. The first-order valence-corrected chi connectivity index (χ1v) is 10.2. The van der Waals surface area contributed by atoms with E-state index < -0.39 is 0 Å². The first kappa shape index (κ1) is 15.3. The molecule has 0 radical (unpaired) electrons. The molecule has 0 saturated carbocycles. The Morgan fingerprint density at radius 2 is 2.22 bits per heavy atom. The molecule has 4 rings (SSSR count). The summed E-state index contributed by atoms with van der Waals surface area (Å²) in [6, 6.07) is 4.31. The van der Waals surface area contributed by atoms with E-state index in [1.54, 1.807) is 0 Å². The van der Waals surface area contributed by atoms with Crippen molar-refractivity contribution in [2.75, 3.05) is 18.8 Å². The van der Waals surface area contributed by atoms with Gasteiger partial charge in [-0.05, 0) is 37.1 Å². The third kappa shape index (κ3) is 3.06. The van der Waals surface area contributed by atoms with Crippen LogP contribution in [0.5, 0.6) is 0 Å². The molecule has 6 heteroatoms. The van der Waals surface area contributed by atoms with E-state index in [4.69, 9.17) is 4.52 Å². The summed E-state index contributed by atoms with van der Waals surface area (Å²) in [7, 11) is 0. The minimum atomic E-state index is 0.0596. The summed E-state index contributed by atoms with van der Waals surface area (Å²) in [6.07, 6.45) is 5.13. The molecule has 1 aliphatic heterocycles. The Kier molecular flexibility index (Phi) is 4.44. The van der Waals surface area contributed by atoms with E-state index in [-0.39, 0.29) is 5.91 Å². The minimum absolute atomic E-state index is 0.0596. The van der Waals surface area contributed by atoms with Gasteiger partial charge in [0.15, 0.2) is 5.69 Å². The largest absolute Gasteiger partial charge is 0.360 e. The fourth-order valence-corrected chi connectivity index (χ4v) is 5.61. The lowest BCUT2D eigenvalue weighted by atomic mass is 9.96. The van der Waals surface area contributed by atoms with Crippen LogP contribution in [0.4, 0.5) is 0 Å². The monoisotopic (exact) mass is 348 g/mol. The number of carbonyl (C=O) groups is 1. The normalized spacial score (nSPS) is 21.7. The molecule has 1 fully saturated rings. The van der Waals surface area contributed by atoms with Crippen LogP contribution in [-0.4, -0.2) is 34.8 Å². The van der Waals surface area contributed by atoms with Crippen LogP contribution in [0.1, 0.15) is 51.2 Å². The summed E-state index contributed by atoms with van der Waals surface area (Å²) in [5, 5.41) is 6.74. The highest BCUT2D eigenvalue weighted by Gasteiger charge is 2.29. The molecule has 0 unspecified atom stereocenters. The zero-order valence-corrected chi connectivity index (χ0v) is 14.6. The minimum Gasteiger partial charge on any atom is -0.360 e. The standard InChI is InChI=1S/C17H20N2O2S2/c20-17(16-12-4-1-2-5-13(12)21-18-16)19-8-7-15(23-11-9-19)14-6-3-10-22-14/h3,6,10,15H,1-2,4-5,7-9,11H2/t15-/m1/s1. The predicted octanol–water partition coefficient (Wildman–Crippen LogP) is 3.94. The van der Waals surface area contributed by atoms with Gasteiger partial charge in [-0.25, -0.2) is 0 Å². The number of rotatable bonds is 2. The number of nitrogens with zero attached hydrogens (tertiary/aromatic N) is 2. The van der Waals surface area contributed by atoms with E-state index in [2.05, 4.69) is 22.7 Å². The van der Waals surface area contributed by atoms with E-state index in [0.29, 0.717) is 10.9 Å². The second-order valence-electron chi connectivity index (χ2n) is 6.10. The smallest absolute Gasteiger partial charge is 0.276 e. The number of hydrogen-bond acceptors (Lipinski definition) is 5. The molecule has 2 aromatic heterocycles.